The third-order valence-corrected chi connectivity index (χ3v) is 3.37. The predicted octanol–water partition coefficient (Wildman–Crippen LogP) is 2.86. The van der Waals surface area contributed by atoms with Crippen molar-refractivity contribution in [3.63, 3.8) is 0 Å². The maximum absolute atomic E-state index is 4.02. The molecule has 0 aliphatic carbocycles. The van der Waals surface area contributed by atoms with Gasteiger partial charge < -0.3 is 9.88 Å². The lowest BCUT2D eigenvalue weighted by Gasteiger charge is -2.03. The minimum Gasteiger partial charge on any atom is -0.350 e. The number of rotatable bonds is 4. The van der Waals surface area contributed by atoms with E-state index in [4.69, 9.17) is 0 Å². The molecule has 3 aromatic rings. The summed E-state index contributed by atoms with van der Waals surface area (Å²) in [5.74, 6) is 0. The van der Waals surface area contributed by atoms with Crippen LogP contribution in [0, 0.1) is 0 Å². The number of fused-ring (bicyclic) bond motifs is 1. The molecule has 0 atom stereocenters. The van der Waals surface area contributed by atoms with E-state index >= 15 is 0 Å². The molecule has 0 aliphatic rings. The molecule has 3 heteroatoms. The van der Waals surface area contributed by atoms with Crippen molar-refractivity contribution in [3.8, 4) is 0 Å². The van der Waals surface area contributed by atoms with Crippen LogP contribution >= 0.6 is 0 Å². The quantitative estimate of drug-likeness (QED) is 0.772. The highest BCUT2D eigenvalue weighted by molar-refractivity contribution is 5.83. The zero-order valence-corrected chi connectivity index (χ0v) is 11.0. The lowest BCUT2D eigenvalue weighted by molar-refractivity contribution is 0.693. The zero-order valence-electron chi connectivity index (χ0n) is 11.0. The number of nitrogens with zero attached hydrogens (tertiary/aromatic N) is 2. The standard InChI is InChI=1S/C16H17N3/c1-19-12-14(15-4-2-3-5-16(15)19)11-18-10-13-6-8-17-9-7-13/h2-9,12,18H,10-11H2,1H3. The molecule has 3 rings (SSSR count). The second-order valence-electron chi connectivity index (χ2n) is 4.74. The lowest BCUT2D eigenvalue weighted by Crippen LogP contribution is -2.12. The second kappa shape index (κ2) is 5.24. The van der Waals surface area contributed by atoms with Crippen LogP contribution in [0.5, 0.6) is 0 Å². The Balaban J connectivity index is 1.72. The Morgan fingerprint density at radius 3 is 2.68 bits per heavy atom. The predicted molar refractivity (Wildman–Crippen MR) is 77.7 cm³/mol. The number of pyridine rings is 1. The van der Waals surface area contributed by atoms with Crippen molar-refractivity contribution in [1.82, 2.24) is 14.9 Å². The van der Waals surface area contributed by atoms with Crippen LogP contribution in [0.1, 0.15) is 11.1 Å². The topological polar surface area (TPSA) is 29.9 Å². The Hall–Kier alpha value is -2.13. The van der Waals surface area contributed by atoms with Crippen molar-refractivity contribution in [2.24, 2.45) is 7.05 Å². The summed E-state index contributed by atoms with van der Waals surface area (Å²) < 4.78 is 2.18. The Morgan fingerprint density at radius 1 is 1.05 bits per heavy atom. The van der Waals surface area contributed by atoms with Crippen molar-refractivity contribution in [1.29, 1.82) is 0 Å². The van der Waals surface area contributed by atoms with Gasteiger partial charge in [0.15, 0.2) is 0 Å². The number of hydrogen-bond donors (Lipinski definition) is 1. The first-order valence-corrected chi connectivity index (χ1v) is 6.47. The molecule has 2 heterocycles. The van der Waals surface area contributed by atoms with E-state index in [9.17, 15) is 0 Å². The van der Waals surface area contributed by atoms with Crippen LogP contribution in [0.3, 0.4) is 0 Å². The van der Waals surface area contributed by atoms with Gasteiger partial charge in [-0.2, -0.15) is 0 Å². The average Bonchev–Trinajstić information content (AvgIpc) is 2.78. The number of nitrogens with one attached hydrogen (secondary N) is 1. The summed E-state index contributed by atoms with van der Waals surface area (Å²) in [7, 11) is 2.09. The summed E-state index contributed by atoms with van der Waals surface area (Å²) >= 11 is 0. The first-order valence-electron chi connectivity index (χ1n) is 6.47. The summed E-state index contributed by atoms with van der Waals surface area (Å²) in [6.07, 6.45) is 5.86. The van der Waals surface area contributed by atoms with Gasteiger partial charge in [0.05, 0.1) is 0 Å². The van der Waals surface area contributed by atoms with Crippen LogP contribution in [0.2, 0.25) is 0 Å². The van der Waals surface area contributed by atoms with E-state index in [1.165, 1.54) is 22.0 Å². The molecule has 0 bridgehead atoms. The molecule has 1 aromatic carbocycles. The minimum absolute atomic E-state index is 0.867. The fourth-order valence-electron chi connectivity index (χ4n) is 2.41. The molecule has 19 heavy (non-hydrogen) atoms. The molecule has 0 spiro atoms. The van der Waals surface area contributed by atoms with Gasteiger partial charge in [-0.15, -0.1) is 0 Å². The third-order valence-electron chi connectivity index (χ3n) is 3.37. The molecule has 2 aromatic heterocycles. The van der Waals surface area contributed by atoms with Gasteiger partial charge in [0.2, 0.25) is 0 Å². The lowest BCUT2D eigenvalue weighted by atomic mass is 10.2. The molecule has 0 unspecified atom stereocenters. The summed E-state index contributed by atoms with van der Waals surface area (Å²) in [5, 5.41) is 4.81. The highest BCUT2D eigenvalue weighted by atomic mass is 14.9. The highest BCUT2D eigenvalue weighted by Gasteiger charge is 2.04. The Kier molecular flexibility index (Phi) is 3.29. The summed E-state index contributed by atoms with van der Waals surface area (Å²) in [5.41, 5.74) is 3.88. The van der Waals surface area contributed by atoms with Crippen LogP contribution in [0.25, 0.3) is 10.9 Å². The van der Waals surface area contributed by atoms with E-state index < -0.39 is 0 Å². The molecule has 0 radical (unpaired) electrons. The van der Waals surface area contributed by atoms with Gasteiger partial charge in [0.1, 0.15) is 0 Å². The van der Waals surface area contributed by atoms with E-state index in [0.29, 0.717) is 0 Å². The number of hydrogen-bond acceptors (Lipinski definition) is 2. The zero-order chi connectivity index (χ0) is 13.1. The summed E-state index contributed by atoms with van der Waals surface area (Å²) in [6.45, 7) is 1.75. The van der Waals surface area contributed by atoms with Crippen LogP contribution in [-0.4, -0.2) is 9.55 Å². The fourth-order valence-corrected chi connectivity index (χ4v) is 2.41. The molecule has 3 nitrogen and oxygen atoms in total. The monoisotopic (exact) mass is 251 g/mol. The smallest absolute Gasteiger partial charge is 0.0481 e. The van der Waals surface area contributed by atoms with Gasteiger partial charge >= 0.3 is 0 Å². The second-order valence-corrected chi connectivity index (χ2v) is 4.74. The number of aromatic nitrogens is 2. The van der Waals surface area contributed by atoms with Gasteiger partial charge in [-0.3, -0.25) is 4.98 Å². The van der Waals surface area contributed by atoms with Gasteiger partial charge in [-0.05, 0) is 29.3 Å². The molecular weight excluding hydrogens is 234 g/mol. The van der Waals surface area contributed by atoms with E-state index in [2.05, 4.69) is 52.4 Å². The summed E-state index contributed by atoms with van der Waals surface area (Å²) in [6, 6.07) is 12.6. The van der Waals surface area contributed by atoms with E-state index in [0.717, 1.165) is 13.1 Å². The maximum atomic E-state index is 4.02. The normalized spacial score (nSPS) is 11.0. The van der Waals surface area contributed by atoms with E-state index in [-0.39, 0.29) is 0 Å². The molecular formula is C16H17N3. The maximum Gasteiger partial charge on any atom is 0.0481 e. The highest BCUT2D eigenvalue weighted by Crippen LogP contribution is 2.19. The van der Waals surface area contributed by atoms with Crippen molar-refractivity contribution in [2.45, 2.75) is 13.1 Å². The van der Waals surface area contributed by atoms with Gasteiger partial charge in [0, 0.05) is 49.6 Å². The molecule has 0 saturated carbocycles. The van der Waals surface area contributed by atoms with Crippen molar-refractivity contribution in [3.05, 3.63) is 66.1 Å². The molecule has 1 N–H and O–H groups in total. The Labute approximate surface area is 112 Å². The van der Waals surface area contributed by atoms with Gasteiger partial charge in [-0.25, -0.2) is 0 Å². The van der Waals surface area contributed by atoms with Crippen molar-refractivity contribution >= 4 is 10.9 Å². The van der Waals surface area contributed by atoms with Crippen LogP contribution in [0.4, 0.5) is 0 Å². The van der Waals surface area contributed by atoms with Crippen LogP contribution in [0.15, 0.2) is 55.0 Å². The van der Waals surface area contributed by atoms with E-state index in [1.807, 2.05) is 24.5 Å². The molecule has 96 valence electrons. The fraction of sp³-hybridized carbons (Fsp3) is 0.188. The molecule has 0 saturated heterocycles. The Morgan fingerprint density at radius 2 is 1.84 bits per heavy atom. The van der Waals surface area contributed by atoms with Crippen molar-refractivity contribution in [2.75, 3.05) is 0 Å². The Bertz CT molecular complexity index is 671. The minimum atomic E-state index is 0.867. The first-order chi connectivity index (χ1) is 9.34. The number of para-hydroxylation sites is 1. The largest absolute Gasteiger partial charge is 0.350 e. The first kappa shape index (κ1) is 11.9. The third kappa shape index (κ3) is 2.51. The summed E-state index contributed by atoms with van der Waals surface area (Å²) in [4.78, 5) is 4.02. The van der Waals surface area contributed by atoms with Crippen molar-refractivity contribution < 1.29 is 0 Å². The average molecular weight is 251 g/mol. The number of benzene rings is 1. The van der Waals surface area contributed by atoms with Crippen LogP contribution in [-0.2, 0) is 20.1 Å². The van der Waals surface area contributed by atoms with Crippen LogP contribution < -0.4 is 5.32 Å². The molecule has 0 amide bonds. The molecule has 0 fully saturated rings. The molecule has 0 aliphatic heterocycles. The van der Waals surface area contributed by atoms with Gasteiger partial charge in [-0.1, -0.05) is 18.2 Å². The SMILES string of the molecule is Cn1cc(CNCc2ccncc2)c2ccccc21. The number of aryl methyl sites for hydroxylation is 1. The van der Waals surface area contributed by atoms with E-state index in [1.54, 1.807) is 0 Å². The van der Waals surface area contributed by atoms with Gasteiger partial charge in [0.25, 0.3) is 0 Å².